The number of hydrogen-bond donors (Lipinski definition) is 8. The van der Waals surface area contributed by atoms with Gasteiger partial charge in [-0.2, -0.15) is 0 Å². The summed E-state index contributed by atoms with van der Waals surface area (Å²) in [5.41, 5.74) is 0.811. The molecule has 0 bridgehead atoms. The van der Waals surface area contributed by atoms with Crippen molar-refractivity contribution >= 4 is 11.6 Å². The van der Waals surface area contributed by atoms with Crippen molar-refractivity contribution in [3.8, 4) is 51.7 Å². The van der Waals surface area contributed by atoms with Gasteiger partial charge in [-0.05, 0) is 49.2 Å². The van der Waals surface area contributed by atoms with Gasteiger partial charge in [0.15, 0.2) is 11.6 Å². The van der Waals surface area contributed by atoms with E-state index in [4.69, 9.17) is 4.74 Å². The number of phenols is 8. The van der Waals surface area contributed by atoms with Crippen molar-refractivity contribution in [2.75, 3.05) is 0 Å². The van der Waals surface area contributed by atoms with Crippen LogP contribution < -0.4 is 4.74 Å². The molecule has 11 heteroatoms. The first kappa shape index (κ1) is 30.2. The van der Waals surface area contributed by atoms with Crippen molar-refractivity contribution in [3.05, 3.63) is 100 Å². The molecular weight excluding hydrogens is 596 g/mol. The van der Waals surface area contributed by atoms with Crippen molar-refractivity contribution in [2.24, 2.45) is 5.92 Å². The van der Waals surface area contributed by atoms with E-state index >= 15 is 0 Å². The predicted octanol–water partition coefficient (Wildman–Crippen LogP) is 5.75. The van der Waals surface area contributed by atoms with Gasteiger partial charge in [0.05, 0.1) is 12.0 Å². The molecule has 1 aliphatic carbocycles. The Morgan fingerprint density at radius 3 is 2.07 bits per heavy atom. The van der Waals surface area contributed by atoms with E-state index in [-0.39, 0.29) is 69.6 Å². The topological polar surface area (TPSA) is 205 Å². The molecule has 4 aromatic carbocycles. The fourth-order valence-electron chi connectivity index (χ4n) is 6.67. The predicted molar refractivity (Wildman–Crippen MR) is 163 cm³/mol. The zero-order chi connectivity index (χ0) is 33.0. The molecule has 0 saturated carbocycles. The van der Waals surface area contributed by atoms with Gasteiger partial charge in [-0.1, -0.05) is 17.7 Å². The zero-order valence-corrected chi connectivity index (χ0v) is 24.4. The van der Waals surface area contributed by atoms with E-state index in [2.05, 4.69) is 0 Å². The number of Topliss-reactive ketones (excluding diaryl/α,β-unsaturated/α-hetero) is 2. The number of hydrogen-bond acceptors (Lipinski definition) is 11. The highest BCUT2D eigenvalue weighted by Gasteiger charge is 2.44. The van der Waals surface area contributed by atoms with Crippen molar-refractivity contribution in [3.63, 3.8) is 0 Å². The zero-order valence-electron chi connectivity index (χ0n) is 24.4. The molecule has 1 aliphatic heterocycles. The van der Waals surface area contributed by atoms with Crippen molar-refractivity contribution in [1.29, 1.82) is 0 Å². The number of carbonyl (C=O) groups is 2. The van der Waals surface area contributed by atoms with E-state index in [9.17, 15) is 50.4 Å². The van der Waals surface area contributed by atoms with Gasteiger partial charge in [-0.3, -0.25) is 9.59 Å². The third kappa shape index (κ3) is 5.15. The number of carbonyl (C=O) groups excluding carboxylic acids is 2. The molecule has 0 saturated heterocycles. The molecule has 6 rings (SSSR count). The van der Waals surface area contributed by atoms with Crippen molar-refractivity contribution in [1.82, 2.24) is 0 Å². The molecule has 236 valence electrons. The Balaban J connectivity index is 1.51. The van der Waals surface area contributed by atoms with Crippen LogP contribution in [0.5, 0.6) is 51.7 Å². The van der Waals surface area contributed by atoms with Crippen LogP contribution in [0.15, 0.2) is 72.3 Å². The highest BCUT2D eigenvalue weighted by atomic mass is 16.5. The number of ketones is 2. The lowest BCUT2D eigenvalue weighted by Crippen LogP contribution is -2.32. The van der Waals surface area contributed by atoms with Crippen LogP contribution in [0.25, 0.3) is 0 Å². The minimum absolute atomic E-state index is 0.0722. The van der Waals surface area contributed by atoms with Crippen LogP contribution in [0.3, 0.4) is 0 Å². The molecule has 0 aromatic heterocycles. The largest absolute Gasteiger partial charge is 0.508 e. The Bertz CT molecular complexity index is 1940. The van der Waals surface area contributed by atoms with Crippen LogP contribution in [-0.2, 0) is 0 Å². The highest BCUT2D eigenvalue weighted by Crippen LogP contribution is 2.54. The average Bonchev–Trinajstić information content (AvgIpc) is 2.96. The Kier molecular flexibility index (Phi) is 7.39. The summed E-state index contributed by atoms with van der Waals surface area (Å²) in [6.45, 7) is 1.78. The van der Waals surface area contributed by atoms with Gasteiger partial charge in [0.25, 0.3) is 0 Å². The summed E-state index contributed by atoms with van der Waals surface area (Å²) in [6.07, 6.45) is 0.567. The number of allylic oxidation sites excluding steroid dienone is 2. The number of phenolic OH excluding ortho intramolecular Hbond substituents is 8. The number of aromatic hydroxyl groups is 8. The summed E-state index contributed by atoms with van der Waals surface area (Å²) in [5.74, 6) is -7.09. The van der Waals surface area contributed by atoms with Crippen LogP contribution in [0, 0.1) is 5.92 Å². The monoisotopic (exact) mass is 626 g/mol. The number of benzene rings is 4. The van der Waals surface area contributed by atoms with Gasteiger partial charge >= 0.3 is 0 Å². The lowest BCUT2D eigenvalue weighted by atomic mass is 9.65. The summed E-state index contributed by atoms with van der Waals surface area (Å²) in [7, 11) is 0. The number of fused-ring (bicyclic) bond motifs is 1. The molecule has 0 spiro atoms. The lowest BCUT2D eigenvalue weighted by molar-refractivity contribution is 0.0841. The third-order valence-corrected chi connectivity index (χ3v) is 8.68. The van der Waals surface area contributed by atoms with Crippen molar-refractivity contribution < 1.29 is 55.2 Å². The molecule has 0 unspecified atom stereocenters. The smallest absolute Gasteiger partial charge is 0.174 e. The first-order valence-electron chi connectivity index (χ1n) is 14.4. The van der Waals surface area contributed by atoms with Gasteiger partial charge in [-0.25, -0.2) is 0 Å². The van der Waals surface area contributed by atoms with E-state index < -0.39 is 52.7 Å². The Hall–Kier alpha value is -5.84. The Labute approximate surface area is 262 Å². The van der Waals surface area contributed by atoms with Gasteiger partial charge in [-0.15, -0.1) is 0 Å². The molecule has 11 nitrogen and oxygen atoms in total. The number of ether oxygens (including phenoxy) is 1. The molecule has 0 radical (unpaired) electrons. The van der Waals surface area contributed by atoms with Crippen LogP contribution in [-0.4, -0.2) is 52.4 Å². The summed E-state index contributed by atoms with van der Waals surface area (Å²) in [6, 6.07) is 12.3. The molecule has 8 N–H and O–H groups in total. The SMILES string of the molecule is CC1=C[C@@H](c2c(O)ccc([C@H]3CC(=O)c4c(O)cc(O)cc4O3)c2O)[C@H](C(=O)c2ccc(O)cc2O)[C@@H](c2ccc(O)cc2O)C1. The average molecular weight is 627 g/mol. The van der Waals surface area contributed by atoms with Crippen molar-refractivity contribution in [2.45, 2.75) is 37.7 Å². The van der Waals surface area contributed by atoms with Gasteiger partial charge in [0, 0.05) is 53.1 Å². The maximum absolute atomic E-state index is 14.4. The summed E-state index contributed by atoms with van der Waals surface area (Å²) < 4.78 is 5.94. The minimum Gasteiger partial charge on any atom is -0.508 e. The molecule has 4 aromatic rings. The first-order chi connectivity index (χ1) is 21.8. The van der Waals surface area contributed by atoms with Crippen LogP contribution >= 0.6 is 0 Å². The van der Waals surface area contributed by atoms with E-state index in [1.807, 2.05) is 0 Å². The van der Waals surface area contributed by atoms with Crippen LogP contribution in [0.2, 0.25) is 0 Å². The van der Waals surface area contributed by atoms with Gasteiger partial charge in [0.2, 0.25) is 0 Å². The van der Waals surface area contributed by atoms with Crippen LogP contribution in [0.1, 0.15) is 75.1 Å². The second-order valence-corrected chi connectivity index (χ2v) is 11.7. The maximum Gasteiger partial charge on any atom is 0.174 e. The summed E-state index contributed by atoms with van der Waals surface area (Å²) >= 11 is 0. The summed E-state index contributed by atoms with van der Waals surface area (Å²) in [5, 5.41) is 84.5. The normalized spacial score (nSPS) is 20.8. The molecule has 46 heavy (non-hydrogen) atoms. The highest BCUT2D eigenvalue weighted by molar-refractivity contribution is 6.03. The lowest BCUT2D eigenvalue weighted by Gasteiger charge is -2.37. The first-order valence-corrected chi connectivity index (χ1v) is 14.4. The molecule has 4 atom stereocenters. The quantitative estimate of drug-likeness (QED) is 0.0988. The third-order valence-electron chi connectivity index (χ3n) is 8.68. The fourth-order valence-corrected chi connectivity index (χ4v) is 6.67. The molecule has 1 heterocycles. The van der Waals surface area contributed by atoms with E-state index in [1.165, 1.54) is 36.4 Å². The van der Waals surface area contributed by atoms with Gasteiger partial charge in [0.1, 0.15) is 63.4 Å². The maximum atomic E-state index is 14.4. The Morgan fingerprint density at radius 1 is 0.717 bits per heavy atom. The van der Waals surface area contributed by atoms with E-state index in [0.717, 1.165) is 29.8 Å². The molecule has 0 fully saturated rings. The number of rotatable bonds is 5. The molecule has 0 amide bonds. The standard InChI is InChI=1S/C35H30O11/c1-15-8-22(19-4-2-16(36)10-25(19)40)31(34(44)20-5-3-17(37)11-26(20)41)23(9-15)32-24(39)7-6-21(35(32)45)29-14-28(43)33-27(42)12-18(38)13-30(33)46-29/h2-7,9-13,22-23,29,31,36-42,45H,8,14H2,1H3/t22-,23-,29-,31-/m1/s1. The second-order valence-electron chi connectivity index (χ2n) is 11.7. The summed E-state index contributed by atoms with van der Waals surface area (Å²) in [4.78, 5) is 27.4. The van der Waals surface area contributed by atoms with Gasteiger partial charge < -0.3 is 45.6 Å². The Morgan fingerprint density at radius 2 is 1.37 bits per heavy atom. The van der Waals surface area contributed by atoms with E-state index in [0.29, 0.717) is 5.56 Å². The minimum atomic E-state index is -1.15. The second kappa shape index (κ2) is 11.3. The molecular formula is C35H30O11. The fraction of sp³-hybridized carbons (Fsp3) is 0.200. The van der Waals surface area contributed by atoms with Crippen LogP contribution in [0.4, 0.5) is 0 Å². The van der Waals surface area contributed by atoms with E-state index in [1.54, 1.807) is 13.0 Å². The molecule has 2 aliphatic rings.